The van der Waals surface area contributed by atoms with Crippen molar-refractivity contribution in [3.63, 3.8) is 0 Å². The first kappa shape index (κ1) is 19.3. The highest BCUT2D eigenvalue weighted by Gasteiger charge is 2.33. The van der Waals surface area contributed by atoms with Gasteiger partial charge in [-0.3, -0.25) is 14.2 Å². The fourth-order valence-corrected chi connectivity index (χ4v) is 3.82. The van der Waals surface area contributed by atoms with Crippen LogP contribution >= 0.6 is 0 Å². The lowest BCUT2D eigenvalue weighted by atomic mass is 10.0. The van der Waals surface area contributed by atoms with E-state index in [0.717, 1.165) is 11.5 Å². The zero-order valence-electron chi connectivity index (χ0n) is 16.8. The Kier molecular flexibility index (Phi) is 5.19. The van der Waals surface area contributed by atoms with Gasteiger partial charge in [-0.2, -0.15) is 0 Å². The Hall–Kier alpha value is -3.00. The number of nitrogens with zero attached hydrogens (tertiary/aromatic N) is 4. The smallest absolute Gasteiger partial charge is 0.261 e. The van der Waals surface area contributed by atoms with Crippen LogP contribution in [-0.4, -0.2) is 39.0 Å². The second kappa shape index (κ2) is 7.79. The molecule has 0 radical (unpaired) electrons. The molecule has 3 aromatic rings. The number of ether oxygens (including phenoxy) is 1. The quantitative estimate of drug-likeness (QED) is 0.657. The molecule has 1 atom stereocenters. The third kappa shape index (κ3) is 3.55. The average Bonchev–Trinajstić information content (AvgIpc) is 3.11. The summed E-state index contributed by atoms with van der Waals surface area (Å²) in [6.45, 7) is 5.05. The van der Waals surface area contributed by atoms with Crippen LogP contribution in [0.4, 0.5) is 0 Å². The van der Waals surface area contributed by atoms with E-state index in [4.69, 9.17) is 9.15 Å². The number of fused-ring (bicyclic) bond motifs is 2. The fourth-order valence-electron chi connectivity index (χ4n) is 3.82. The van der Waals surface area contributed by atoms with Gasteiger partial charge in [0.15, 0.2) is 0 Å². The van der Waals surface area contributed by atoms with Crippen molar-refractivity contribution in [2.45, 2.75) is 39.5 Å². The van der Waals surface area contributed by atoms with Gasteiger partial charge in [-0.15, -0.1) is 0 Å². The van der Waals surface area contributed by atoms with Crippen LogP contribution in [0.15, 0.2) is 39.8 Å². The minimum absolute atomic E-state index is 0.0779. The summed E-state index contributed by atoms with van der Waals surface area (Å²) in [6, 6.07) is 6.54. The first-order chi connectivity index (χ1) is 14.0. The first-order valence-corrected chi connectivity index (χ1v) is 9.70. The van der Waals surface area contributed by atoms with Crippen molar-refractivity contribution in [3.05, 3.63) is 58.3 Å². The van der Waals surface area contributed by atoms with Crippen molar-refractivity contribution in [1.29, 1.82) is 0 Å². The lowest BCUT2D eigenvalue weighted by Crippen LogP contribution is -2.44. The first-order valence-electron chi connectivity index (χ1n) is 9.70. The number of amides is 1. The molecule has 0 aliphatic carbocycles. The summed E-state index contributed by atoms with van der Waals surface area (Å²) in [5.41, 5.74) is 1.17. The van der Waals surface area contributed by atoms with Crippen LogP contribution in [0.3, 0.4) is 0 Å². The maximum Gasteiger partial charge on any atom is 0.261 e. The number of benzene rings is 1. The monoisotopic (exact) mass is 396 g/mol. The molecule has 8 nitrogen and oxygen atoms in total. The molecule has 0 bridgehead atoms. The van der Waals surface area contributed by atoms with Gasteiger partial charge >= 0.3 is 0 Å². The third-order valence-corrected chi connectivity index (χ3v) is 5.23. The van der Waals surface area contributed by atoms with E-state index in [0.29, 0.717) is 42.9 Å². The number of aromatic nitrogens is 3. The topological polar surface area (TPSA) is 90.5 Å². The average molecular weight is 396 g/mol. The number of rotatable bonds is 5. The van der Waals surface area contributed by atoms with Crippen LogP contribution < -0.4 is 5.56 Å². The zero-order valence-corrected chi connectivity index (χ0v) is 16.8. The van der Waals surface area contributed by atoms with Crippen molar-refractivity contribution in [3.8, 4) is 0 Å². The van der Waals surface area contributed by atoms with Gasteiger partial charge in [-0.1, -0.05) is 26.0 Å². The molecule has 0 N–H and O–H groups in total. The highest BCUT2D eigenvalue weighted by Crippen LogP contribution is 2.25. The number of para-hydroxylation sites is 1. The largest absolute Gasteiger partial charge is 0.443 e. The van der Waals surface area contributed by atoms with Crippen LogP contribution in [0.2, 0.25) is 0 Å². The van der Waals surface area contributed by atoms with Gasteiger partial charge in [0.25, 0.3) is 5.56 Å². The molecule has 3 heterocycles. The van der Waals surface area contributed by atoms with E-state index in [2.05, 4.69) is 9.97 Å². The molecule has 1 aliphatic rings. The van der Waals surface area contributed by atoms with Gasteiger partial charge in [-0.25, -0.2) is 9.97 Å². The number of hydrogen-bond acceptors (Lipinski definition) is 6. The van der Waals surface area contributed by atoms with Crippen LogP contribution in [0.5, 0.6) is 0 Å². The molecule has 29 heavy (non-hydrogen) atoms. The van der Waals surface area contributed by atoms with Gasteiger partial charge in [-0.05, 0) is 18.1 Å². The van der Waals surface area contributed by atoms with Crippen LogP contribution in [0.1, 0.15) is 37.2 Å². The maximum absolute atomic E-state index is 13.4. The summed E-state index contributed by atoms with van der Waals surface area (Å²) in [5.74, 6) is 1.13. The van der Waals surface area contributed by atoms with Crippen molar-refractivity contribution in [2.24, 2.45) is 5.92 Å². The number of methoxy groups -OCH3 is 1. The lowest BCUT2D eigenvalue weighted by Gasteiger charge is -2.31. The molecule has 1 unspecified atom stereocenters. The minimum atomic E-state index is -0.633. The van der Waals surface area contributed by atoms with Gasteiger partial charge in [0.2, 0.25) is 11.8 Å². The molecule has 8 heteroatoms. The lowest BCUT2D eigenvalue weighted by molar-refractivity contribution is -0.137. The number of carbonyl (C=O) groups excluding carboxylic acids is 1. The molecule has 0 saturated heterocycles. The van der Waals surface area contributed by atoms with Gasteiger partial charge in [0.05, 0.1) is 23.8 Å². The number of hydrogen-bond donors (Lipinski definition) is 0. The highest BCUT2D eigenvalue weighted by molar-refractivity contribution is 5.82. The Labute approximate surface area is 168 Å². The Morgan fingerprint density at radius 2 is 2.10 bits per heavy atom. The molecule has 0 saturated carbocycles. The molecule has 4 rings (SSSR count). The van der Waals surface area contributed by atoms with Crippen molar-refractivity contribution < 1.29 is 13.9 Å². The Bertz CT molecular complexity index is 1100. The van der Waals surface area contributed by atoms with Gasteiger partial charge < -0.3 is 14.1 Å². The summed E-state index contributed by atoms with van der Waals surface area (Å²) in [5, 5.41) is 0.509. The van der Waals surface area contributed by atoms with E-state index in [1.807, 2.05) is 19.9 Å². The Balaban J connectivity index is 1.65. The van der Waals surface area contributed by atoms with E-state index in [1.165, 1.54) is 10.9 Å². The Morgan fingerprint density at radius 1 is 1.31 bits per heavy atom. The molecule has 1 aromatic carbocycles. The molecule has 1 amide bonds. The molecule has 152 valence electrons. The normalized spacial score (nSPS) is 15.0. The second-order valence-corrected chi connectivity index (χ2v) is 7.58. The molecule has 1 aliphatic heterocycles. The maximum atomic E-state index is 13.4. The van der Waals surface area contributed by atoms with E-state index in [1.54, 1.807) is 30.2 Å². The van der Waals surface area contributed by atoms with Gasteiger partial charge in [0, 0.05) is 20.1 Å². The second-order valence-electron chi connectivity index (χ2n) is 7.58. The number of carbonyl (C=O) groups is 1. The highest BCUT2D eigenvalue weighted by atomic mass is 16.5. The summed E-state index contributed by atoms with van der Waals surface area (Å²) >= 11 is 0. The molecule has 0 fully saturated rings. The van der Waals surface area contributed by atoms with Crippen molar-refractivity contribution in [1.82, 2.24) is 19.4 Å². The standard InChI is InChI=1S/C21H24N4O4/c1-13(2)19(25-12-22-15-7-5-4-6-14(15)20(25)26)21(27)24-9-8-17-16(10-24)23-18(29-17)11-28-3/h4-7,12-13,19H,8-11H2,1-3H3. The SMILES string of the molecule is COCc1nc2c(o1)CCN(C(=O)C(C(C)C)n1cnc3ccccc3c1=O)C2. The predicted octanol–water partition coefficient (Wildman–Crippen LogP) is 2.31. The molecule has 0 spiro atoms. The van der Waals surface area contributed by atoms with E-state index >= 15 is 0 Å². The van der Waals surface area contributed by atoms with Crippen LogP contribution in [-0.2, 0) is 29.1 Å². The van der Waals surface area contributed by atoms with E-state index < -0.39 is 6.04 Å². The minimum Gasteiger partial charge on any atom is -0.443 e. The van der Waals surface area contributed by atoms with Crippen LogP contribution in [0.25, 0.3) is 10.9 Å². The molecular formula is C21H24N4O4. The fraction of sp³-hybridized carbons (Fsp3) is 0.429. The number of oxazole rings is 1. The summed E-state index contributed by atoms with van der Waals surface area (Å²) in [6.07, 6.45) is 2.07. The summed E-state index contributed by atoms with van der Waals surface area (Å²) < 4.78 is 12.2. The van der Waals surface area contributed by atoms with Crippen LogP contribution in [0, 0.1) is 5.92 Å². The zero-order chi connectivity index (χ0) is 20.5. The summed E-state index contributed by atoms with van der Waals surface area (Å²) in [4.78, 5) is 37.0. The third-order valence-electron chi connectivity index (χ3n) is 5.23. The van der Waals surface area contributed by atoms with Crippen molar-refractivity contribution in [2.75, 3.05) is 13.7 Å². The summed E-state index contributed by atoms with van der Waals surface area (Å²) in [7, 11) is 1.58. The van der Waals surface area contributed by atoms with E-state index in [9.17, 15) is 9.59 Å². The van der Waals surface area contributed by atoms with Gasteiger partial charge in [0.1, 0.15) is 24.1 Å². The Morgan fingerprint density at radius 3 is 2.86 bits per heavy atom. The van der Waals surface area contributed by atoms with Crippen molar-refractivity contribution >= 4 is 16.8 Å². The predicted molar refractivity (Wildman–Crippen MR) is 106 cm³/mol. The molecular weight excluding hydrogens is 372 g/mol. The molecule has 2 aromatic heterocycles. The van der Waals surface area contributed by atoms with E-state index in [-0.39, 0.29) is 17.4 Å².